The van der Waals surface area contributed by atoms with Gasteiger partial charge in [-0.2, -0.15) is 0 Å². The standard InChI is InChI=1S/C18H21FN2O/c1-22-18-8-6-16(7-9-18)21(17-10-12-20-13-11-17)15-4-2-14(19)3-5-15/h2-9,17,20H,10-13H2,1H3. The van der Waals surface area contributed by atoms with Crippen molar-refractivity contribution in [2.75, 3.05) is 25.1 Å². The van der Waals surface area contributed by atoms with Crippen molar-refractivity contribution < 1.29 is 9.13 Å². The molecule has 1 N–H and O–H groups in total. The van der Waals surface area contributed by atoms with E-state index in [9.17, 15) is 4.39 Å². The van der Waals surface area contributed by atoms with Gasteiger partial charge in [-0.3, -0.25) is 0 Å². The highest BCUT2D eigenvalue weighted by molar-refractivity contribution is 5.65. The zero-order valence-electron chi connectivity index (χ0n) is 12.8. The fourth-order valence-corrected chi connectivity index (χ4v) is 2.98. The van der Waals surface area contributed by atoms with E-state index in [4.69, 9.17) is 4.74 Å². The van der Waals surface area contributed by atoms with Gasteiger partial charge in [0.15, 0.2) is 0 Å². The van der Waals surface area contributed by atoms with Crippen molar-refractivity contribution in [2.45, 2.75) is 18.9 Å². The number of benzene rings is 2. The van der Waals surface area contributed by atoms with Crippen LogP contribution in [0.25, 0.3) is 0 Å². The Balaban J connectivity index is 1.95. The van der Waals surface area contributed by atoms with Gasteiger partial charge in [0.05, 0.1) is 7.11 Å². The Morgan fingerprint density at radius 2 is 1.50 bits per heavy atom. The molecule has 0 radical (unpaired) electrons. The molecule has 4 heteroatoms. The summed E-state index contributed by atoms with van der Waals surface area (Å²) < 4.78 is 18.5. The zero-order chi connectivity index (χ0) is 15.4. The Bertz CT molecular complexity index is 591. The fraction of sp³-hybridized carbons (Fsp3) is 0.333. The van der Waals surface area contributed by atoms with E-state index >= 15 is 0 Å². The van der Waals surface area contributed by atoms with Crippen molar-refractivity contribution in [1.82, 2.24) is 5.32 Å². The van der Waals surface area contributed by atoms with Gasteiger partial charge in [-0.15, -0.1) is 0 Å². The zero-order valence-corrected chi connectivity index (χ0v) is 12.8. The Morgan fingerprint density at radius 1 is 0.955 bits per heavy atom. The van der Waals surface area contributed by atoms with Gasteiger partial charge in [-0.05, 0) is 74.5 Å². The predicted molar refractivity (Wildman–Crippen MR) is 87.4 cm³/mol. The van der Waals surface area contributed by atoms with Gasteiger partial charge < -0.3 is 15.0 Å². The first-order chi connectivity index (χ1) is 10.8. The summed E-state index contributed by atoms with van der Waals surface area (Å²) in [6.45, 7) is 2.02. The van der Waals surface area contributed by atoms with Crippen molar-refractivity contribution >= 4 is 11.4 Å². The van der Waals surface area contributed by atoms with Crippen LogP contribution in [0, 0.1) is 5.82 Å². The molecule has 0 atom stereocenters. The van der Waals surface area contributed by atoms with Gasteiger partial charge in [-0.25, -0.2) is 4.39 Å². The number of nitrogens with zero attached hydrogens (tertiary/aromatic N) is 1. The van der Waals surface area contributed by atoms with Crippen LogP contribution in [0.4, 0.5) is 15.8 Å². The summed E-state index contributed by atoms with van der Waals surface area (Å²) in [7, 11) is 1.67. The van der Waals surface area contributed by atoms with Crippen LogP contribution in [-0.4, -0.2) is 26.2 Å². The Labute approximate surface area is 130 Å². The highest BCUT2D eigenvalue weighted by Crippen LogP contribution is 2.32. The molecule has 116 valence electrons. The molecule has 0 bridgehead atoms. The van der Waals surface area contributed by atoms with Crippen LogP contribution in [0.5, 0.6) is 5.75 Å². The summed E-state index contributed by atoms with van der Waals surface area (Å²) in [6.07, 6.45) is 2.15. The minimum Gasteiger partial charge on any atom is -0.497 e. The van der Waals surface area contributed by atoms with Gasteiger partial charge >= 0.3 is 0 Å². The number of halogens is 1. The second-order valence-corrected chi connectivity index (χ2v) is 5.53. The number of piperidine rings is 1. The van der Waals surface area contributed by atoms with Crippen LogP contribution in [0.1, 0.15) is 12.8 Å². The van der Waals surface area contributed by atoms with E-state index in [1.807, 2.05) is 24.3 Å². The fourth-order valence-electron chi connectivity index (χ4n) is 2.98. The molecule has 3 nitrogen and oxygen atoms in total. The minimum absolute atomic E-state index is 0.205. The monoisotopic (exact) mass is 300 g/mol. The minimum atomic E-state index is -0.205. The summed E-state index contributed by atoms with van der Waals surface area (Å²) in [5, 5.41) is 3.39. The first kappa shape index (κ1) is 14.9. The van der Waals surface area contributed by atoms with Crippen molar-refractivity contribution in [1.29, 1.82) is 0 Å². The highest BCUT2D eigenvalue weighted by atomic mass is 19.1. The molecule has 0 amide bonds. The SMILES string of the molecule is COc1ccc(N(c2ccc(F)cc2)C2CCNCC2)cc1. The maximum atomic E-state index is 13.2. The third kappa shape index (κ3) is 3.22. The van der Waals surface area contributed by atoms with Crippen molar-refractivity contribution in [3.63, 3.8) is 0 Å². The number of ether oxygens (including phenoxy) is 1. The van der Waals surface area contributed by atoms with E-state index in [0.717, 1.165) is 43.1 Å². The number of hydrogen-bond acceptors (Lipinski definition) is 3. The lowest BCUT2D eigenvalue weighted by Gasteiger charge is -2.36. The topological polar surface area (TPSA) is 24.5 Å². The van der Waals surface area contributed by atoms with Crippen LogP contribution in [0.2, 0.25) is 0 Å². The average Bonchev–Trinajstić information content (AvgIpc) is 2.58. The third-order valence-electron chi connectivity index (χ3n) is 4.13. The normalized spacial score (nSPS) is 15.5. The number of hydrogen-bond donors (Lipinski definition) is 1. The molecule has 1 aliphatic heterocycles. The lowest BCUT2D eigenvalue weighted by atomic mass is 10.0. The maximum Gasteiger partial charge on any atom is 0.123 e. The molecule has 0 saturated carbocycles. The second kappa shape index (κ2) is 6.79. The first-order valence-electron chi connectivity index (χ1n) is 7.67. The van der Waals surface area contributed by atoms with Crippen molar-refractivity contribution in [3.05, 3.63) is 54.3 Å². The highest BCUT2D eigenvalue weighted by Gasteiger charge is 2.22. The summed E-state index contributed by atoms with van der Waals surface area (Å²) in [5.41, 5.74) is 2.14. The van der Waals surface area contributed by atoms with Crippen LogP contribution in [-0.2, 0) is 0 Å². The number of methoxy groups -OCH3 is 1. The van der Waals surface area contributed by atoms with Gasteiger partial charge in [0, 0.05) is 17.4 Å². The van der Waals surface area contributed by atoms with Crippen LogP contribution in [0.15, 0.2) is 48.5 Å². The molecule has 0 aliphatic carbocycles. The second-order valence-electron chi connectivity index (χ2n) is 5.53. The van der Waals surface area contributed by atoms with Crippen LogP contribution < -0.4 is 15.0 Å². The average molecular weight is 300 g/mol. The molecule has 0 aromatic heterocycles. The largest absolute Gasteiger partial charge is 0.497 e. The molecule has 1 heterocycles. The smallest absolute Gasteiger partial charge is 0.123 e. The van der Waals surface area contributed by atoms with Crippen LogP contribution >= 0.6 is 0 Å². The quantitative estimate of drug-likeness (QED) is 0.931. The number of nitrogens with one attached hydrogen (secondary N) is 1. The Hall–Kier alpha value is -2.07. The molecule has 0 unspecified atom stereocenters. The van der Waals surface area contributed by atoms with E-state index in [-0.39, 0.29) is 5.82 Å². The maximum absolute atomic E-state index is 13.2. The van der Waals surface area contributed by atoms with Gasteiger partial charge in [0.2, 0.25) is 0 Å². The van der Waals surface area contributed by atoms with E-state index in [1.54, 1.807) is 7.11 Å². The lowest BCUT2D eigenvalue weighted by Crippen LogP contribution is -2.40. The van der Waals surface area contributed by atoms with Gasteiger partial charge in [0.1, 0.15) is 11.6 Å². The molecule has 2 aromatic rings. The molecule has 1 saturated heterocycles. The molecule has 2 aromatic carbocycles. The Kier molecular flexibility index (Phi) is 4.59. The van der Waals surface area contributed by atoms with Crippen LogP contribution in [0.3, 0.4) is 0 Å². The van der Waals surface area contributed by atoms with E-state index in [0.29, 0.717) is 6.04 Å². The Morgan fingerprint density at radius 3 is 2.05 bits per heavy atom. The molecule has 3 rings (SSSR count). The van der Waals surface area contributed by atoms with Crippen molar-refractivity contribution in [3.8, 4) is 5.75 Å². The van der Waals surface area contributed by atoms with Gasteiger partial charge in [0.25, 0.3) is 0 Å². The van der Waals surface area contributed by atoms with Crippen molar-refractivity contribution in [2.24, 2.45) is 0 Å². The molecule has 0 spiro atoms. The molecular weight excluding hydrogens is 279 g/mol. The molecule has 1 aliphatic rings. The molecular formula is C18H21FN2O. The summed E-state index contributed by atoms with van der Waals surface area (Å²) in [4.78, 5) is 2.31. The summed E-state index contributed by atoms with van der Waals surface area (Å²) in [6, 6.07) is 15.2. The van der Waals surface area contributed by atoms with E-state index < -0.39 is 0 Å². The number of rotatable bonds is 4. The predicted octanol–water partition coefficient (Wildman–Crippen LogP) is 3.72. The van der Waals surface area contributed by atoms with E-state index in [1.165, 1.54) is 12.1 Å². The van der Waals surface area contributed by atoms with E-state index in [2.05, 4.69) is 22.3 Å². The summed E-state index contributed by atoms with van der Waals surface area (Å²) >= 11 is 0. The molecule has 1 fully saturated rings. The lowest BCUT2D eigenvalue weighted by molar-refractivity contribution is 0.414. The number of anilines is 2. The molecule has 22 heavy (non-hydrogen) atoms. The third-order valence-corrected chi connectivity index (χ3v) is 4.13. The summed E-state index contributed by atoms with van der Waals surface area (Å²) in [5.74, 6) is 0.636. The first-order valence-corrected chi connectivity index (χ1v) is 7.67. The van der Waals surface area contributed by atoms with Gasteiger partial charge in [-0.1, -0.05) is 0 Å².